The van der Waals surface area contributed by atoms with Gasteiger partial charge in [-0.25, -0.2) is 4.98 Å². The normalized spacial score (nSPS) is 10.8. The van der Waals surface area contributed by atoms with E-state index in [1.54, 1.807) is 17.4 Å². The zero-order chi connectivity index (χ0) is 15.9. The molecular weight excluding hydrogens is 328 g/mol. The fraction of sp³-hybridized carbons (Fsp3) is 0.0588. The van der Waals surface area contributed by atoms with Gasteiger partial charge in [0.25, 0.3) is 0 Å². The Hall–Kier alpha value is -2.44. The summed E-state index contributed by atoms with van der Waals surface area (Å²) in [7, 11) is 0. The van der Waals surface area contributed by atoms with Crippen LogP contribution >= 0.6 is 22.7 Å². The van der Waals surface area contributed by atoms with Gasteiger partial charge < -0.3 is 4.74 Å². The van der Waals surface area contributed by atoms with Gasteiger partial charge in [-0.05, 0) is 29.7 Å². The van der Waals surface area contributed by atoms with Crippen molar-refractivity contribution < 1.29 is 9.53 Å². The van der Waals surface area contributed by atoms with E-state index in [2.05, 4.69) is 10.3 Å². The molecule has 6 heteroatoms. The maximum absolute atomic E-state index is 11.8. The van der Waals surface area contributed by atoms with Gasteiger partial charge in [-0.3, -0.25) is 10.1 Å². The standard InChI is InChI=1S/C17H14N2O2S2/c20-16(9-8-15-7-4-10-22-15)19-17-18-13(12-23-17)11-21-14-5-2-1-3-6-14/h1-10,12H,11H2,(H,18,19,20)/b9-8+. The predicted octanol–water partition coefficient (Wildman–Crippen LogP) is 4.44. The van der Waals surface area contributed by atoms with E-state index in [-0.39, 0.29) is 5.91 Å². The molecule has 0 radical (unpaired) electrons. The van der Waals surface area contributed by atoms with E-state index < -0.39 is 0 Å². The highest BCUT2D eigenvalue weighted by Gasteiger charge is 2.05. The molecule has 0 bridgehead atoms. The molecule has 1 aromatic carbocycles. The van der Waals surface area contributed by atoms with Gasteiger partial charge in [-0.15, -0.1) is 22.7 Å². The fourth-order valence-electron chi connectivity index (χ4n) is 1.80. The van der Waals surface area contributed by atoms with Crippen molar-refractivity contribution in [2.45, 2.75) is 6.61 Å². The highest BCUT2D eigenvalue weighted by atomic mass is 32.1. The van der Waals surface area contributed by atoms with Gasteiger partial charge >= 0.3 is 0 Å². The molecule has 0 unspecified atom stereocenters. The number of nitrogens with one attached hydrogen (secondary N) is 1. The predicted molar refractivity (Wildman–Crippen MR) is 94.9 cm³/mol. The van der Waals surface area contributed by atoms with Gasteiger partial charge in [0.05, 0.1) is 5.69 Å². The van der Waals surface area contributed by atoms with Crippen molar-refractivity contribution in [3.8, 4) is 5.75 Å². The third-order valence-electron chi connectivity index (χ3n) is 2.85. The minimum atomic E-state index is -0.191. The van der Waals surface area contributed by atoms with Crippen LogP contribution in [-0.2, 0) is 11.4 Å². The molecule has 0 saturated carbocycles. The monoisotopic (exact) mass is 342 g/mol. The maximum atomic E-state index is 11.8. The van der Waals surface area contributed by atoms with Crippen LogP contribution in [0.25, 0.3) is 6.08 Å². The minimum absolute atomic E-state index is 0.191. The Kier molecular flexibility index (Phi) is 5.18. The number of thiophene rings is 1. The lowest BCUT2D eigenvalue weighted by Crippen LogP contribution is -2.07. The first-order valence-electron chi connectivity index (χ1n) is 6.94. The van der Waals surface area contributed by atoms with Gasteiger partial charge in [0.1, 0.15) is 12.4 Å². The molecule has 23 heavy (non-hydrogen) atoms. The number of carbonyl (C=O) groups is 1. The second kappa shape index (κ2) is 7.71. The van der Waals surface area contributed by atoms with Crippen LogP contribution in [0.5, 0.6) is 5.75 Å². The topological polar surface area (TPSA) is 51.2 Å². The third-order valence-corrected chi connectivity index (χ3v) is 4.50. The third kappa shape index (κ3) is 4.77. The minimum Gasteiger partial charge on any atom is -0.487 e. The average Bonchev–Trinajstić information content (AvgIpc) is 3.24. The summed E-state index contributed by atoms with van der Waals surface area (Å²) < 4.78 is 5.63. The van der Waals surface area contributed by atoms with Crippen LogP contribution < -0.4 is 10.1 Å². The summed E-state index contributed by atoms with van der Waals surface area (Å²) in [5, 5.41) is 7.17. The summed E-state index contributed by atoms with van der Waals surface area (Å²) in [5.74, 6) is 0.605. The number of ether oxygens (including phenoxy) is 1. The fourth-order valence-corrected chi connectivity index (χ4v) is 3.11. The molecule has 0 aliphatic heterocycles. The van der Waals surface area contributed by atoms with Crippen LogP contribution in [0.1, 0.15) is 10.6 Å². The second-order valence-electron chi connectivity index (χ2n) is 4.58. The van der Waals surface area contributed by atoms with E-state index in [0.29, 0.717) is 11.7 Å². The number of nitrogens with zero attached hydrogens (tertiary/aromatic N) is 1. The quantitative estimate of drug-likeness (QED) is 0.674. The Balaban J connectivity index is 1.51. The summed E-state index contributed by atoms with van der Waals surface area (Å²) in [5.41, 5.74) is 0.788. The Morgan fingerprint density at radius 2 is 2.04 bits per heavy atom. The van der Waals surface area contributed by atoms with Crippen molar-refractivity contribution in [1.29, 1.82) is 0 Å². The van der Waals surface area contributed by atoms with Crippen molar-refractivity contribution in [3.63, 3.8) is 0 Å². The summed E-state index contributed by atoms with van der Waals surface area (Å²) >= 11 is 2.97. The van der Waals surface area contributed by atoms with Crippen molar-refractivity contribution >= 4 is 39.8 Å². The van der Waals surface area contributed by atoms with Gasteiger partial charge in [-0.2, -0.15) is 0 Å². The second-order valence-corrected chi connectivity index (χ2v) is 6.42. The van der Waals surface area contributed by atoms with Crippen molar-refractivity contribution in [2.24, 2.45) is 0 Å². The van der Waals surface area contributed by atoms with Crippen LogP contribution in [-0.4, -0.2) is 10.9 Å². The molecule has 0 aliphatic carbocycles. The van der Waals surface area contributed by atoms with Crippen LogP contribution in [0, 0.1) is 0 Å². The van der Waals surface area contributed by atoms with E-state index in [0.717, 1.165) is 16.3 Å². The number of thiazole rings is 1. The van der Waals surface area contributed by atoms with E-state index >= 15 is 0 Å². The summed E-state index contributed by atoms with van der Waals surface area (Å²) in [6.45, 7) is 0.376. The Bertz CT molecular complexity index is 780. The van der Waals surface area contributed by atoms with Crippen LogP contribution in [0.4, 0.5) is 5.13 Å². The smallest absolute Gasteiger partial charge is 0.250 e. The molecule has 0 saturated heterocycles. The van der Waals surface area contributed by atoms with Crippen LogP contribution in [0.3, 0.4) is 0 Å². The first-order valence-corrected chi connectivity index (χ1v) is 8.70. The number of hydrogen-bond donors (Lipinski definition) is 1. The molecule has 0 fully saturated rings. The van der Waals surface area contributed by atoms with E-state index in [1.807, 2.05) is 53.2 Å². The van der Waals surface area contributed by atoms with Gasteiger partial charge in [-0.1, -0.05) is 24.3 Å². The molecule has 4 nitrogen and oxygen atoms in total. The molecule has 0 atom stereocenters. The van der Waals surface area contributed by atoms with Gasteiger partial charge in [0.2, 0.25) is 5.91 Å². The van der Waals surface area contributed by atoms with E-state index in [4.69, 9.17) is 4.74 Å². The summed E-state index contributed by atoms with van der Waals surface area (Å²) in [6.07, 6.45) is 3.29. The van der Waals surface area contributed by atoms with Crippen molar-refractivity contribution in [1.82, 2.24) is 4.98 Å². The molecule has 1 amide bonds. The first-order chi connectivity index (χ1) is 11.3. The molecule has 0 spiro atoms. The Labute approximate surface area is 142 Å². The Morgan fingerprint density at radius 3 is 2.83 bits per heavy atom. The molecule has 3 rings (SSSR count). The lowest BCUT2D eigenvalue weighted by atomic mass is 10.3. The SMILES string of the molecule is O=C(/C=C/c1cccs1)Nc1nc(COc2ccccc2)cs1. The lowest BCUT2D eigenvalue weighted by Gasteiger charge is -2.02. The van der Waals surface area contributed by atoms with Crippen molar-refractivity contribution in [2.75, 3.05) is 5.32 Å². The molecule has 0 aliphatic rings. The number of rotatable bonds is 6. The average molecular weight is 342 g/mol. The van der Waals surface area contributed by atoms with E-state index in [9.17, 15) is 4.79 Å². The van der Waals surface area contributed by atoms with Crippen LogP contribution in [0.2, 0.25) is 0 Å². The van der Waals surface area contributed by atoms with Gasteiger partial charge in [0, 0.05) is 16.3 Å². The number of carbonyl (C=O) groups excluding carboxylic acids is 1. The highest BCUT2D eigenvalue weighted by Crippen LogP contribution is 2.18. The molecule has 2 heterocycles. The summed E-state index contributed by atoms with van der Waals surface area (Å²) in [4.78, 5) is 17.2. The van der Waals surface area contributed by atoms with Crippen LogP contribution in [0.15, 0.2) is 59.3 Å². The zero-order valence-electron chi connectivity index (χ0n) is 12.1. The number of aromatic nitrogens is 1. The number of amides is 1. The molecule has 3 aromatic rings. The maximum Gasteiger partial charge on any atom is 0.250 e. The largest absolute Gasteiger partial charge is 0.487 e. The number of para-hydroxylation sites is 1. The molecule has 116 valence electrons. The zero-order valence-corrected chi connectivity index (χ0v) is 13.8. The summed E-state index contributed by atoms with van der Waals surface area (Å²) in [6, 6.07) is 13.5. The van der Waals surface area contributed by atoms with Gasteiger partial charge in [0.15, 0.2) is 5.13 Å². The first kappa shape index (κ1) is 15.5. The number of benzene rings is 1. The van der Waals surface area contributed by atoms with Crippen molar-refractivity contribution in [3.05, 3.63) is 69.9 Å². The lowest BCUT2D eigenvalue weighted by molar-refractivity contribution is -0.111. The number of anilines is 1. The molecular formula is C17H14N2O2S2. The molecule has 1 N–H and O–H groups in total. The Morgan fingerprint density at radius 1 is 1.17 bits per heavy atom. The number of hydrogen-bond acceptors (Lipinski definition) is 5. The highest BCUT2D eigenvalue weighted by molar-refractivity contribution is 7.14. The molecule has 2 aromatic heterocycles. The van der Waals surface area contributed by atoms with E-state index in [1.165, 1.54) is 17.4 Å².